The lowest BCUT2D eigenvalue weighted by Crippen LogP contribution is -2.40. The predicted octanol–water partition coefficient (Wildman–Crippen LogP) is 2.89. The summed E-state index contributed by atoms with van der Waals surface area (Å²) >= 11 is 5.77. The summed E-state index contributed by atoms with van der Waals surface area (Å²) in [4.78, 5) is 25.2. The number of benzene rings is 2. The molecule has 0 aromatic heterocycles. The molecule has 0 aliphatic rings. The molecule has 5 nitrogen and oxygen atoms in total. The molecule has 2 amide bonds. The molecule has 0 spiro atoms. The van der Waals surface area contributed by atoms with Crippen molar-refractivity contribution in [3.8, 4) is 5.75 Å². The van der Waals surface area contributed by atoms with Gasteiger partial charge in [-0.25, -0.2) is 8.78 Å². The summed E-state index contributed by atoms with van der Waals surface area (Å²) in [5.41, 5.74) is -0.326. The quantitative estimate of drug-likeness (QED) is 0.801. The standard InChI is InChI=1S/C18H17ClF2N2O3/c1-23(8-9-26-14-5-2-12(19)3-6-14)17(24)11-22-18(25)15-7-4-13(20)10-16(15)21/h2-7,10H,8-9,11H2,1H3,(H,22,25). The van der Waals surface area contributed by atoms with Crippen molar-refractivity contribution in [2.24, 2.45) is 0 Å². The second kappa shape index (κ2) is 9.15. The van der Waals surface area contributed by atoms with Gasteiger partial charge in [0.25, 0.3) is 5.91 Å². The van der Waals surface area contributed by atoms with Gasteiger partial charge in [-0.15, -0.1) is 0 Å². The maximum absolute atomic E-state index is 13.5. The Morgan fingerprint density at radius 1 is 1.15 bits per heavy atom. The number of likely N-dealkylation sites (N-methyl/N-ethyl adjacent to an activating group) is 1. The van der Waals surface area contributed by atoms with E-state index in [4.69, 9.17) is 16.3 Å². The lowest BCUT2D eigenvalue weighted by atomic mass is 10.2. The number of halogens is 3. The van der Waals surface area contributed by atoms with Crippen LogP contribution >= 0.6 is 11.6 Å². The number of nitrogens with zero attached hydrogens (tertiary/aromatic N) is 1. The van der Waals surface area contributed by atoms with Crippen molar-refractivity contribution in [1.82, 2.24) is 10.2 Å². The van der Waals surface area contributed by atoms with E-state index in [2.05, 4.69) is 5.32 Å². The Labute approximate surface area is 154 Å². The number of carbonyl (C=O) groups excluding carboxylic acids is 2. The first-order valence-electron chi connectivity index (χ1n) is 7.72. The summed E-state index contributed by atoms with van der Waals surface area (Å²) in [5.74, 6) is -2.31. The average molecular weight is 383 g/mol. The van der Waals surface area contributed by atoms with Crippen LogP contribution in [0.2, 0.25) is 5.02 Å². The highest BCUT2D eigenvalue weighted by Gasteiger charge is 2.15. The van der Waals surface area contributed by atoms with Gasteiger partial charge in [-0.1, -0.05) is 11.6 Å². The second-order valence-electron chi connectivity index (χ2n) is 5.42. The summed E-state index contributed by atoms with van der Waals surface area (Å²) in [7, 11) is 1.55. The largest absolute Gasteiger partial charge is 0.492 e. The van der Waals surface area contributed by atoms with Crippen molar-refractivity contribution < 1.29 is 23.1 Å². The van der Waals surface area contributed by atoms with Crippen molar-refractivity contribution in [3.63, 3.8) is 0 Å². The highest BCUT2D eigenvalue weighted by Crippen LogP contribution is 2.15. The highest BCUT2D eigenvalue weighted by atomic mass is 35.5. The van der Waals surface area contributed by atoms with Crippen LogP contribution in [0, 0.1) is 11.6 Å². The number of hydrogen-bond donors (Lipinski definition) is 1. The molecule has 2 rings (SSSR count). The van der Waals surface area contributed by atoms with Crippen LogP contribution in [0.15, 0.2) is 42.5 Å². The van der Waals surface area contributed by atoms with E-state index in [0.29, 0.717) is 23.4 Å². The van der Waals surface area contributed by atoms with Gasteiger partial charge in [0.1, 0.15) is 24.0 Å². The first kappa shape index (κ1) is 19.7. The van der Waals surface area contributed by atoms with Gasteiger partial charge in [-0.3, -0.25) is 9.59 Å². The number of rotatable bonds is 7. The lowest BCUT2D eigenvalue weighted by molar-refractivity contribution is -0.129. The number of hydrogen-bond acceptors (Lipinski definition) is 3. The minimum atomic E-state index is -0.986. The Morgan fingerprint density at radius 3 is 2.50 bits per heavy atom. The van der Waals surface area contributed by atoms with E-state index in [1.54, 1.807) is 31.3 Å². The molecule has 8 heteroatoms. The second-order valence-corrected chi connectivity index (χ2v) is 5.86. The summed E-state index contributed by atoms with van der Waals surface area (Å²) in [5, 5.41) is 2.90. The van der Waals surface area contributed by atoms with Gasteiger partial charge in [-0.05, 0) is 36.4 Å². The van der Waals surface area contributed by atoms with Gasteiger partial charge >= 0.3 is 0 Å². The van der Waals surface area contributed by atoms with Crippen molar-refractivity contribution in [3.05, 3.63) is 64.7 Å². The molecule has 0 bridgehead atoms. The third-order valence-corrected chi connectivity index (χ3v) is 3.76. The molecule has 0 aliphatic carbocycles. The van der Waals surface area contributed by atoms with E-state index in [1.165, 1.54) is 4.90 Å². The Bertz CT molecular complexity index is 785. The first-order chi connectivity index (χ1) is 12.4. The molecule has 0 fully saturated rings. The van der Waals surface area contributed by atoms with Crippen LogP contribution in [-0.4, -0.2) is 43.5 Å². The third-order valence-electron chi connectivity index (χ3n) is 3.51. The Balaban J connectivity index is 1.76. The van der Waals surface area contributed by atoms with E-state index in [9.17, 15) is 18.4 Å². The fraction of sp³-hybridized carbons (Fsp3) is 0.222. The molecule has 138 valence electrons. The Kier molecular flexibility index (Phi) is 6.91. The number of amides is 2. The predicted molar refractivity (Wildman–Crippen MR) is 93.3 cm³/mol. The fourth-order valence-electron chi connectivity index (χ4n) is 2.02. The highest BCUT2D eigenvalue weighted by molar-refractivity contribution is 6.30. The van der Waals surface area contributed by atoms with Gasteiger partial charge in [0.2, 0.25) is 5.91 Å². The molecular weight excluding hydrogens is 366 g/mol. The van der Waals surface area contributed by atoms with E-state index in [-0.39, 0.29) is 24.6 Å². The van der Waals surface area contributed by atoms with Gasteiger partial charge in [0, 0.05) is 18.1 Å². The minimum Gasteiger partial charge on any atom is -0.492 e. The zero-order valence-corrected chi connectivity index (χ0v) is 14.7. The lowest BCUT2D eigenvalue weighted by Gasteiger charge is -2.18. The zero-order chi connectivity index (χ0) is 19.1. The van der Waals surface area contributed by atoms with E-state index in [1.807, 2.05) is 0 Å². The summed E-state index contributed by atoms with van der Waals surface area (Å²) in [6.45, 7) is 0.236. The fourth-order valence-corrected chi connectivity index (χ4v) is 2.14. The molecule has 1 N–H and O–H groups in total. The zero-order valence-electron chi connectivity index (χ0n) is 14.0. The van der Waals surface area contributed by atoms with Crippen molar-refractivity contribution in [1.29, 1.82) is 0 Å². The van der Waals surface area contributed by atoms with E-state index in [0.717, 1.165) is 12.1 Å². The molecule has 0 heterocycles. The molecule has 0 saturated heterocycles. The summed E-state index contributed by atoms with van der Waals surface area (Å²) in [6, 6.07) is 9.40. The van der Waals surface area contributed by atoms with Crippen LogP contribution in [-0.2, 0) is 4.79 Å². The topological polar surface area (TPSA) is 58.6 Å². The third kappa shape index (κ3) is 5.70. The van der Waals surface area contributed by atoms with Crippen molar-refractivity contribution in [2.75, 3.05) is 26.7 Å². The maximum atomic E-state index is 13.5. The molecule has 0 unspecified atom stereocenters. The van der Waals surface area contributed by atoms with Gasteiger partial charge < -0.3 is 15.0 Å². The molecule has 2 aromatic carbocycles. The molecular formula is C18H17ClF2N2O3. The van der Waals surface area contributed by atoms with Crippen molar-refractivity contribution in [2.45, 2.75) is 0 Å². The van der Waals surface area contributed by atoms with Crippen LogP contribution in [0.1, 0.15) is 10.4 Å². The monoisotopic (exact) mass is 382 g/mol. The summed E-state index contributed by atoms with van der Waals surface area (Å²) < 4.78 is 31.8. The SMILES string of the molecule is CN(CCOc1ccc(Cl)cc1)C(=O)CNC(=O)c1ccc(F)cc1F. The van der Waals surface area contributed by atoms with E-state index >= 15 is 0 Å². The molecule has 0 atom stereocenters. The van der Waals surface area contributed by atoms with Crippen LogP contribution in [0.5, 0.6) is 5.75 Å². The van der Waals surface area contributed by atoms with Gasteiger partial charge in [0.15, 0.2) is 0 Å². The number of nitrogens with one attached hydrogen (secondary N) is 1. The molecule has 2 aromatic rings. The normalized spacial score (nSPS) is 10.3. The van der Waals surface area contributed by atoms with Crippen LogP contribution in [0.3, 0.4) is 0 Å². The van der Waals surface area contributed by atoms with Crippen LogP contribution < -0.4 is 10.1 Å². The Morgan fingerprint density at radius 2 is 1.85 bits per heavy atom. The van der Waals surface area contributed by atoms with E-state index < -0.39 is 17.5 Å². The molecule has 0 aliphatic heterocycles. The molecule has 0 saturated carbocycles. The first-order valence-corrected chi connectivity index (χ1v) is 8.10. The summed E-state index contributed by atoms with van der Waals surface area (Å²) in [6.07, 6.45) is 0. The molecule has 0 radical (unpaired) electrons. The number of carbonyl (C=O) groups is 2. The average Bonchev–Trinajstić information content (AvgIpc) is 2.61. The van der Waals surface area contributed by atoms with Gasteiger partial charge in [0.05, 0.1) is 18.7 Å². The maximum Gasteiger partial charge on any atom is 0.254 e. The number of ether oxygens (including phenoxy) is 1. The van der Waals surface area contributed by atoms with Gasteiger partial charge in [-0.2, -0.15) is 0 Å². The van der Waals surface area contributed by atoms with Crippen molar-refractivity contribution >= 4 is 23.4 Å². The smallest absolute Gasteiger partial charge is 0.254 e. The van der Waals surface area contributed by atoms with Crippen LogP contribution in [0.25, 0.3) is 0 Å². The molecule has 26 heavy (non-hydrogen) atoms. The minimum absolute atomic E-state index is 0.254. The van der Waals surface area contributed by atoms with Crippen LogP contribution in [0.4, 0.5) is 8.78 Å². The Hall–Kier alpha value is -2.67.